The number of aryl methyl sites for hydroxylation is 1. The number of benzene rings is 2. The van der Waals surface area contributed by atoms with Crippen molar-refractivity contribution in [3.8, 4) is 11.5 Å². The third-order valence-corrected chi connectivity index (χ3v) is 3.74. The molecule has 0 spiro atoms. The van der Waals surface area contributed by atoms with E-state index in [1.54, 1.807) is 6.07 Å². The van der Waals surface area contributed by atoms with Crippen LogP contribution in [0.5, 0.6) is 11.5 Å². The molecule has 0 fully saturated rings. The molecule has 1 amide bonds. The number of amides is 1. The maximum atomic E-state index is 12.1. The van der Waals surface area contributed by atoms with Crippen molar-refractivity contribution < 1.29 is 14.6 Å². The quantitative estimate of drug-likeness (QED) is 0.837. The van der Waals surface area contributed by atoms with Gasteiger partial charge in [0.2, 0.25) is 0 Å². The monoisotopic (exact) mass is 303 g/mol. The van der Waals surface area contributed by atoms with Crippen LogP contribution < -0.4 is 10.1 Å². The summed E-state index contributed by atoms with van der Waals surface area (Å²) in [6, 6.07) is 10.2. The van der Waals surface area contributed by atoms with E-state index in [9.17, 15) is 9.90 Å². The van der Waals surface area contributed by atoms with Gasteiger partial charge in [-0.2, -0.15) is 0 Å². The summed E-state index contributed by atoms with van der Waals surface area (Å²) >= 11 is 6.00. The maximum Gasteiger partial charge on any atom is 0.265 e. The Morgan fingerprint density at radius 3 is 2.90 bits per heavy atom. The molecule has 1 unspecified atom stereocenters. The highest BCUT2D eigenvalue weighted by atomic mass is 35.5. The fraction of sp³-hybridized carbons (Fsp3) is 0.188. The zero-order valence-corrected chi connectivity index (χ0v) is 12.1. The predicted molar refractivity (Wildman–Crippen MR) is 81.0 cm³/mol. The van der Waals surface area contributed by atoms with Gasteiger partial charge in [0.15, 0.2) is 6.10 Å². The molecule has 2 N–H and O–H groups in total. The van der Waals surface area contributed by atoms with Gasteiger partial charge in [-0.25, -0.2) is 0 Å². The van der Waals surface area contributed by atoms with Crippen LogP contribution in [0.2, 0.25) is 5.02 Å². The van der Waals surface area contributed by atoms with Crippen LogP contribution in [0.15, 0.2) is 36.4 Å². The molecule has 2 aromatic carbocycles. The SMILES string of the molecule is Cc1ccc(Cl)cc1CC1Oc2cc(O)ccc2NC1=O. The highest BCUT2D eigenvalue weighted by Gasteiger charge is 2.28. The second-order valence-corrected chi connectivity index (χ2v) is 5.49. The molecular weight excluding hydrogens is 290 g/mol. The first-order valence-corrected chi connectivity index (χ1v) is 6.96. The van der Waals surface area contributed by atoms with Gasteiger partial charge in [0.25, 0.3) is 5.91 Å². The number of hydrogen-bond donors (Lipinski definition) is 2. The van der Waals surface area contributed by atoms with Crippen molar-refractivity contribution in [2.75, 3.05) is 5.32 Å². The molecular formula is C16H14ClNO3. The number of fused-ring (bicyclic) bond motifs is 1. The number of halogens is 1. The molecule has 0 bridgehead atoms. The lowest BCUT2D eigenvalue weighted by molar-refractivity contribution is -0.123. The number of rotatable bonds is 2. The fourth-order valence-corrected chi connectivity index (χ4v) is 2.52. The maximum absolute atomic E-state index is 12.1. The van der Waals surface area contributed by atoms with Crippen LogP contribution in [0.25, 0.3) is 0 Å². The largest absolute Gasteiger partial charge is 0.508 e. The van der Waals surface area contributed by atoms with E-state index in [1.807, 2.05) is 25.1 Å². The topological polar surface area (TPSA) is 58.6 Å². The average molecular weight is 304 g/mol. The first-order chi connectivity index (χ1) is 10.0. The van der Waals surface area contributed by atoms with E-state index >= 15 is 0 Å². The van der Waals surface area contributed by atoms with Crippen molar-refractivity contribution in [2.24, 2.45) is 0 Å². The van der Waals surface area contributed by atoms with Gasteiger partial charge in [-0.15, -0.1) is 0 Å². The number of ether oxygens (including phenoxy) is 1. The third-order valence-electron chi connectivity index (χ3n) is 3.50. The zero-order chi connectivity index (χ0) is 15.0. The predicted octanol–water partition coefficient (Wildman–Crippen LogP) is 3.30. The number of carbonyl (C=O) groups excluding carboxylic acids is 1. The first kappa shape index (κ1) is 13.8. The van der Waals surface area contributed by atoms with E-state index in [4.69, 9.17) is 16.3 Å². The Kier molecular flexibility index (Phi) is 3.47. The molecule has 0 aliphatic carbocycles. The number of hydrogen-bond acceptors (Lipinski definition) is 3. The van der Waals surface area contributed by atoms with Crippen molar-refractivity contribution in [3.05, 3.63) is 52.5 Å². The van der Waals surface area contributed by atoms with Crippen LogP contribution in [0, 0.1) is 6.92 Å². The minimum absolute atomic E-state index is 0.0996. The molecule has 1 heterocycles. The van der Waals surface area contributed by atoms with Crippen LogP contribution in [0.4, 0.5) is 5.69 Å². The number of phenols is 1. The number of anilines is 1. The van der Waals surface area contributed by atoms with Crippen LogP contribution in [0.1, 0.15) is 11.1 Å². The van der Waals surface area contributed by atoms with E-state index < -0.39 is 6.10 Å². The van der Waals surface area contributed by atoms with Crippen LogP contribution in [-0.2, 0) is 11.2 Å². The Hall–Kier alpha value is -2.20. The van der Waals surface area contributed by atoms with Crippen molar-refractivity contribution in [3.63, 3.8) is 0 Å². The van der Waals surface area contributed by atoms with Crippen molar-refractivity contribution >= 4 is 23.2 Å². The lowest BCUT2D eigenvalue weighted by atomic mass is 10.0. The highest BCUT2D eigenvalue weighted by Crippen LogP contribution is 2.33. The molecule has 1 aliphatic heterocycles. The Morgan fingerprint density at radius 2 is 2.10 bits per heavy atom. The summed E-state index contributed by atoms with van der Waals surface area (Å²) in [5, 5.41) is 12.9. The molecule has 0 saturated heterocycles. The summed E-state index contributed by atoms with van der Waals surface area (Å²) < 4.78 is 5.71. The Bertz CT molecular complexity index is 715. The first-order valence-electron chi connectivity index (χ1n) is 6.58. The standard InChI is InChI=1S/C16H14ClNO3/c1-9-2-3-11(17)6-10(9)7-15-16(20)18-13-5-4-12(19)8-14(13)21-15/h2-6,8,15,19H,7H2,1H3,(H,18,20). The van der Waals surface area contributed by atoms with E-state index in [0.717, 1.165) is 11.1 Å². The summed E-state index contributed by atoms with van der Waals surface area (Å²) in [5.41, 5.74) is 2.58. The molecule has 3 rings (SSSR count). The second kappa shape index (κ2) is 5.30. The Balaban J connectivity index is 1.86. The number of phenolic OH excluding ortho intramolecular Hbond substituents is 1. The fourth-order valence-electron chi connectivity index (χ4n) is 2.33. The van der Waals surface area contributed by atoms with Crippen molar-refractivity contribution in [1.82, 2.24) is 0 Å². The summed E-state index contributed by atoms with van der Waals surface area (Å²) in [7, 11) is 0. The molecule has 4 nitrogen and oxygen atoms in total. The second-order valence-electron chi connectivity index (χ2n) is 5.05. The lowest BCUT2D eigenvalue weighted by Gasteiger charge is -2.26. The van der Waals surface area contributed by atoms with Gasteiger partial charge in [0.1, 0.15) is 11.5 Å². The van der Waals surface area contributed by atoms with Gasteiger partial charge >= 0.3 is 0 Å². The summed E-state index contributed by atoms with van der Waals surface area (Å²) in [4.78, 5) is 12.1. The van der Waals surface area contributed by atoms with E-state index in [-0.39, 0.29) is 11.7 Å². The van der Waals surface area contributed by atoms with Crippen LogP contribution >= 0.6 is 11.6 Å². The average Bonchev–Trinajstić information content (AvgIpc) is 2.44. The molecule has 5 heteroatoms. The zero-order valence-electron chi connectivity index (χ0n) is 11.4. The highest BCUT2D eigenvalue weighted by molar-refractivity contribution is 6.30. The molecule has 0 radical (unpaired) electrons. The molecule has 0 saturated carbocycles. The Labute approximate surface area is 127 Å². The summed E-state index contributed by atoms with van der Waals surface area (Å²) in [6.07, 6.45) is -0.218. The van der Waals surface area contributed by atoms with Crippen molar-refractivity contribution in [2.45, 2.75) is 19.4 Å². The minimum Gasteiger partial charge on any atom is -0.508 e. The van der Waals surface area contributed by atoms with Crippen molar-refractivity contribution in [1.29, 1.82) is 0 Å². The molecule has 2 aromatic rings. The van der Waals surface area contributed by atoms with Gasteiger partial charge in [-0.3, -0.25) is 4.79 Å². The summed E-state index contributed by atoms with van der Waals surface area (Å²) in [5.74, 6) is 0.370. The van der Waals surface area contributed by atoms with Gasteiger partial charge in [-0.1, -0.05) is 17.7 Å². The van der Waals surface area contributed by atoms with Crippen LogP contribution in [-0.4, -0.2) is 17.1 Å². The van der Waals surface area contributed by atoms with Crippen LogP contribution in [0.3, 0.4) is 0 Å². The summed E-state index contributed by atoms with van der Waals surface area (Å²) in [6.45, 7) is 1.96. The molecule has 1 atom stereocenters. The van der Waals surface area contributed by atoms with E-state index in [2.05, 4.69) is 5.32 Å². The lowest BCUT2D eigenvalue weighted by Crippen LogP contribution is -2.38. The van der Waals surface area contributed by atoms with Gasteiger partial charge in [-0.05, 0) is 42.3 Å². The number of carbonyl (C=O) groups is 1. The van der Waals surface area contributed by atoms with E-state index in [0.29, 0.717) is 22.9 Å². The van der Waals surface area contributed by atoms with Gasteiger partial charge < -0.3 is 15.2 Å². The number of nitrogens with one attached hydrogen (secondary N) is 1. The normalized spacial score (nSPS) is 16.9. The number of aromatic hydroxyl groups is 1. The molecule has 108 valence electrons. The Morgan fingerprint density at radius 1 is 1.29 bits per heavy atom. The van der Waals surface area contributed by atoms with Gasteiger partial charge in [0, 0.05) is 17.5 Å². The molecule has 1 aliphatic rings. The minimum atomic E-state index is -0.642. The molecule has 0 aromatic heterocycles. The van der Waals surface area contributed by atoms with E-state index in [1.165, 1.54) is 12.1 Å². The molecule has 21 heavy (non-hydrogen) atoms. The third kappa shape index (κ3) is 2.81. The smallest absolute Gasteiger partial charge is 0.265 e. The van der Waals surface area contributed by atoms with Gasteiger partial charge in [0.05, 0.1) is 5.69 Å².